The summed E-state index contributed by atoms with van der Waals surface area (Å²) in [5, 5.41) is 15.8. The molecule has 1 amide bonds. The highest BCUT2D eigenvalue weighted by molar-refractivity contribution is 6.02. The van der Waals surface area contributed by atoms with Crippen LogP contribution < -0.4 is 5.32 Å². The van der Waals surface area contributed by atoms with Crippen LogP contribution in [0.15, 0.2) is 43.1 Å². The van der Waals surface area contributed by atoms with Gasteiger partial charge in [-0.2, -0.15) is 5.10 Å². The molecule has 0 bridgehead atoms. The first-order valence-corrected chi connectivity index (χ1v) is 6.92. The summed E-state index contributed by atoms with van der Waals surface area (Å²) >= 11 is 0. The van der Waals surface area contributed by atoms with Crippen LogP contribution in [0.5, 0.6) is 0 Å². The number of amides is 1. The molecule has 3 rings (SSSR count). The van der Waals surface area contributed by atoms with Gasteiger partial charge >= 0.3 is 0 Å². The van der Waals surface area contributed by atoms with E-state index >= 15 is 0 Å². The maximum atomic E-state index is 12.3. The lowest BCUT2D eigenvalue weighted by molar-refractivity contribution is 0.0953. The Labute approximate surface area is 126 Å². The zero-order valence-corrected chi connectivity index (χ0v) is 11.8. The Morgan fingerprint density at radius 2 is 2.09 bits per heavy atom. The molecule has 0 saturated carbocycles. The van der Waals surface area contributed by atoms with Crippen LogP contribution in [0.1, 0.15) is 16.8 Å². The van der Waals surface area contributed by atoms with E-state index in [2.05, 4.69) is 20.4 Å². The molecule has 0 spiro atoms. The van der Waals surface area contributed by atoms with Crippen LogP contribution in [-0.4, -0.2) is 43.7 Å². The van der Waals surface area contributed by atoms with Crippen LogP contribution in [0, 0.1) is 0 Å². The maximum Gasteiger partial charge on any atom is 0.253 e. The van der Waals surface area contributed by atoms with E-state index in [1.165, 1.54) is 6.33 Å². The fourth-order valence-electron chi connectivity index (χ4n) is 2.24. The van der Waals surface area contributed by atoms with Gasteiger partial charge in [0.05, 0.1) is 23.0 Å². The van der Waals surface area contributed by atoms with Gasteiger partial charge in [-0.3, -0.25) is 9.78 Å². The van der Waals surface area contributed by atoms with E-state index in [4.69, 9.17) is 5.11 Å². The number of nitrogens with zero attached hydrogens (tertiary/aromatic N) is 4. The molecule has 0 aliphatic carbocycles. The van der Waals surface area contributed by atoms with Crippen molar-refractivity contribution in [2.24, 2.45) is 0 Å². The monoisotopic (exact) mass is 297 g/mol. The number of fused-ring (bicyclic) bond motifs is 1. The van der Waals surface area contributed by atoms with Gasteiger partial charge in [0.25, 0.3) is 5.91 Å². The summed E-state index contributed by atoms with van der Waals surface area (Å²) in [5.74, 6) is -0.207. The first kappa shape index (κ1) is 14.2. The molecule has 0 aromatic carbocycles. The van der Waals surface area contributed by atoms with Gasteiger partial charge in [0.15, 0.2) is 0 Å². The predicted octanol–water partition coefficient (Wildman–Crippen LogP) is 0.903. The predicted molar refractivity (Wildman–Crippen MR) is 80.3 cm³/mol. The van der Waals surface area contributed by atoms with Crippen molar-refractivity contribution in [3.63, 3.8) is 0 Å². The molecule has 22 heavy (non-hydrogen) atoms. The Morgan fingerprint density at radius 3 is 2.86 bits per heavy atom. The van der Waals surface area contributed by atoms with Crippen LogP contribution in [0.3, 0.4) is 0 Å². The summed E-state index contributed by atoms with van der Waals surface area (Å²) in [5.41, 5.74) is 2.85. The van der Waals surface area contributed by atoms with Crippen molar-refractivity contribution in [3.05, 3.63) is 48.7 Å². The lowest BCUT2D eigenvalue weighted by atomic mass is 10.2. The molecule has 3 heterocycles. The van der Waals surface area contributed by atoms with Crippen LogP contribution in [0.4, 0.5) is 0 Å². The number of nitrogens with one attached hydrogen (secondary N) is 1. The normalized spacial score (nSPS) is 10.8. The van der Waals surface area contributed by atoms with Crippen molar-refractivity contribution in [2.45, 2.75) is 6.42 Å². The second kappa shape index (κ2) is 6.31. The van der Waals surface area contributed by atoms with Crippen molar-refractivity contribution in [1.82, 2.24) is 24.9 Å². The quantitative estimate of drug-likeness (QED) is 0.683. The standard InChI is InChI=1S/C15H15N5O2/c21-7-1-4-18-15(22)12-8-13(11-2-5-16-6-3-11)20-14(12)9-17-10-19-20/h2-3,5-6,8-10,21H,1,4,7H2,(H,18,22). The highest BCUT2D eigenvalue weighted by Crippen LogP contribution is 2.24. The number of aliphatic hydroxyl groups is 1. The summed E-state index contributed by atoms with van der Waals surface area (Å²) in [6.07, 6.45) is 6.95. The van der Waals surface area contributed by atoms with Gasteiger partial charge in [0.1, 0.15) is 6.33 Å². The third kappa shape index (κ3) is 2.66. The number of pyridine rings is 1. The molecule has 0 unspecified atom stereocenters. The molecule has 112 valence electrons. The lowest BCUT2D eigenvalue weighted by Gasteiger charge is -2.02. The molecule has 3 aromatic heterocycles. The zero-order chi connectivity index (χ0) is 15.4. The molecule has 7 heteroatoms. The van der Waals surface area contributed by atoms with Gasteiger partial charge < -0.3 is 10.4 Å². The number of aromatic nitrogens is 4. The second-order valence-corrected chi connectivity index (χ2v) is 4.72. The van der Waals surface area contributed by atoms with Gasteiger partial charge in [0, 0.05) is 31.1 Å². The van der Waals surface area contributed by atoms with E-state index in [1.54, 1.807) is 29.2 Å². The van der Waals surface area contributed by atoms with Gasteiger partial charge in [-0.25, -0.2) is 9.50 Å². The largest absolute Gasteiger partial charge is 0.396 e. The molecule has 0 saturated heterocycles. The molecule has 0 aliphatic rings. The number of rotatable bonds is 5. The van der Waals surface area contributed by atoms with Crippen molar-refractivity contribution in [2.75, 3.05) is 13.2 Å². The number of carbonyl (C=O) groups is 1. The molecule has 0 atom stereocenters. The smallest absolute Gasteiger partial charge is 0.253 e. The van der Waals surface area contributed by atoms with Crippen molar-refractivity contribution >= 4 is 11.4 Å². The Hall–Kier alpha value is -2.80. The first-order chi connectivity index (χ1) is 10.8. The molecule has 2 N–H and O–H groups in total. The Morgan fingerprint density at radius 1 is 1.27 bits per heavy atom. The summed E-state index contributed by atoms with van der Waals surface area (Å²) < 4.78 is 1.68. The minimum Gasteiger partial charge on any atom is -0.396 e. The Kier molecular flexibility index (Phi) is 4.06. The first-order valence-electron chi connectivity index (χ1n) is 6.92. The van der Waals surface area contributed by atoms with Crippen LogP contribution in [0.2, 0.25) is 0 Å². The number of carbonyl (C=O) groups excluding carboxylic acids is 1. The highest BCUT2D eigenvalue weighted by atomic mass is 16.3. The number of hydrogen-bond acceptors (Lipinski definition) is 5. The van der Waals surface area contributed by atoms with Gasteiger partial charge in [0.2, 0.25) is 0 Å². The second-order valence-electron chi connectivity index (χ2n) is 4.72. The van der Waals surface area contributed by atoms with Crippen LogP contribution >= 0.6 is 0 Å². The zero-order valence-electron chi connectivity index (χ0n) is 11.8. The molecular formula is C15H15N5O2. The Bertz CT molecular complexity index is 785. The molecule has 0 aliphatic heterocycles. The van der Waals surface area contributed by atoms with Crippen molar-refractivity contribution in [1.29, 1.82) is 0 Å². The summed E-state index contributed by atoms with van der Waals surface area (Å²) in [6.45, 7) is 0.465. The minimum atomic E-state index is -0.207. The van der Waals surface area contributed by atoms with E-state index in [-0.39, 0.29) is 12.5 Å². The molecular weight excluding hydrogens is 282 g/mol. The average Bonchev–Trinajstić information content (AvgIpc) is 2.95. The Balaban J connectivity index is 2.03. The molecule has 3 aromatic rings. The van der Waals surface area contributed by atoms with Crippen LogP contribution in [-0.2, 0) is 0 Å². The van der Waals surface area contributed by atoms with E-state index < -0.39 is 0 Å². The van der Waals surface area contributed by atoms with E-state index in [9.17, 15) is 4.79 Å². The number of aliphatic hydroxyl groups excluding tert-OH is 1. The molecule has 7 nitrogen and oxygen atoms in total. The lowest BCUT2D eigenvalue weighted by Crippen LogP contribution is -2.24. The van der Waals surface area contributed by atoms with Crippen LogP contribution in [0.25, 0.3) is 16.8 Å². The van der Waals surface area contributed by atoms with Gasteiger partial charge in [-0.15, -0.1) is 0 Å². The average molecular weight is 297 g/mol. The van der Waals surface area contributed by atoms with Gasteiger partial charge in [-0.1, -0.05) is 0 Å². The van der Waals surface area contributed by atoms with Gasteiger partial charge in [-0.05, 0) is 24.6 Å². The van der Waals surface area contributed by atoms with Crippen molar-refractivity contribution < 1.29 is 9.90 Å². The fourth-order valence-corrected chi connectivity index (χ4v) is 2.24. The summed E-state index contributed by atoms with van der Waals surface area (Å²) in [4.78, 5) is 20.3. The fraction of sp³-hybridized carbons (Fsp3) is 0.200. The molecule has 0 fully saturated rings. The summed E-state index contributed by atoms with van der Waals surface area (Å²) in [7, 11) is 0. The van der Waals surface area contributed by atoms with E-state index in [1.807, 2.05) is 12.1 Å². The maximum absolute atomic E-state index is 12.3. The topological polar surface area (TPSA) is 92.4 Å². The summed E-state index contributed by atoms with van der Waals surface area (Å²) in [6, 6.07) is 5.50. The molecule has 0 radical (unpaired) electrons. The van der Waals surface area contributed by atoms with Crippen molar-refractivity contribution in [3.8, 4) is 11.3 Å². The third-order valence-electron chi connectivity index (χ3n) is 3.29. The van der Waals surface area contributed by atoms with E-state index in [0.29, 0.717) is 24.0 Å². The number of hydrogen-bond donors (Lipinski definition) is 2. The third-order valence-corrected chi connectivity index (χ3v) is 3.29. The minimum absolute atomic E-state index is 0.0438. The van der Waals surface area contributed by atoms with E-state index in [0.717, 1.165) is 11.3 Å². The SMILES string of the molecule is O=C(NCCCO)c1cc(-c2ccncc2)n2ncncc12. The highest BCUT2D eigenvalue weighted by Gasteiger charge is 2.17.